The van der Waals surface area contributed by atoms with Gasteiger partial charge in [0.1, 0.15) is 5.60 Å². The molecule has 1 aromatic heterocycles. The van der Waals surface area contributed by atoms with Gasteiger partial charge in [0.2, 0.25) is 5.91 Å². The topological polar surface area (TPSA) is 67.4 Å². The number of ether oxygens (including phenoxy) is 1. The van der Waals surface area contributed by atoms with Crippen LogP contribution in [0.15, 0.2) is 17.5 Å². The molecule has 142 valence electrons. The molecule has 0 saturated carbocycles. The summed E-state index contributed by atoms with van der Waals surface area (Å²) in [6.07, 6.45) is 0.466. The summed E-state index contributed by atoms with van der Waals surface area (Å²) in [5, 5.41) is 7.92. The average molecular weight is 369 g/mol. The van der Waals surface area contributed by atoms with Crippen LogP contribution in [0.4, 0.5) is 4.79 Å². The number of thiophene rings is 1. The van der Waals surface area contributed by atoms with Gasteiger partial charge in [0.25, 0.3) is 0 Å². The highest BCUT2D eigenvalue weighted by molar-refractivity contribution is 7.10. The quantitative estimate of drug-likeness (QED) is 0.768. The molecule has 25 heavy (non-hydrogen) atoms. The van der Waals surface area contributed by atoms with Crippen molar-refractivity contribution in [1.29, 1.82) is 0 Å². The third-order valence-corrected chi connectivity index (χ3v) is 4.50. The van der Waals surface area contributed by atoms with Crippen LogP contribution in [0.2, 0.25) is 0 Å². The predicted octanol–water partition coefficient (Wildman–Crippen LogP) is 4.64. The maximum atomic E-state index is 12.4. The minimum atomic E-state index is -0.526. The lowest BCUT2D eigenvalue weighted by molar-refractivity contribution is -0.122. The molecule has 0 spiro atoms. The Hall–Kier alpha value is -1.56. The van der Waals surface area contributed by atoms with E-state index >= 15 is 0 Å². The fraction of sp³-hybridized carbons (Fsp3) is 0.684. The Morgan fingerprint density at radius 2 is 1.80 bits per heavy atom. The van der Waals surface area contributed by atoms with Crippen molar-refractivity contribution in [3.63, 3.8) is 0 Å². The molecule has 1 aromatic rings. The van der Waals surface area contributed by atoms with E-state index in [1.807, 2.05) is 45.2 Å². The second-order valence-electron chi connectivity index (χ2n) is 8.47. The van der Waals surface area contributed by atoms with Crippen molar-refractivity contribution in [3.8, 4) is 0 Å². The first-order valence-corrected chi connectivity index (χ1v) is 9.59. The monoisotopic (exact) mass is 368 g/mol. The van der Waals surface area contributed by atoms with Crippen molar-refractivity contribution in [1.82, 2.24) is 10.6 Å². The number of amides is 2. The van der Waals surface area contributed by atoms with Crippen molar-refractivity contribution in [2.45, 2.75) is 79.0 Å². The number of hydrogen-bond acceptors (Lipinski definition) is 4. The van der Waals surface area contributed by atoms with E-state index in [0.717, 1.165) is 4.88 Å². The second-order valence-corrected chi connectivity index (χ2v) is 9.45. The largest absolute Gasteiger partial charge is 0.444 e. The van der Waals surface area contributed by atoms with Crippen molar-refractivity contribution >= 4 is 23.3 Å². The molecule has 5 nitrogen and oxygen atoms in total. The third kappa shape index (κ3) is 8.38. The molecule has 0 bridgehead atoms. The van der Waals surface area contributed by atoms with E-state index in [-0.39, 0.29) is 23.4 Å². The third-order valence-electron chi connectivity index (χ3n) is 3.57. The van der Waals surface area contributed by atoms with Crippen LogP contribution < -0.4 is 10.6 Å². The highest BCUT2D eigenvalue weighted by Crippen LogP contribution is 2.35. The lowest BCUT2D eigenvalue weighted by Gasteiger charge is -2.31. The Kier molecular flexibility index (Phi) is 7.47. The first kappa shape index (κ1) is 21.5. The van der Waals surface area contributed by atoms with Gasteiger partial charge in [0, 0.05) is 17.3 Å². The molecule has 0 radical (unpaired) electrons. The van der Waals surface area contributed by atoms with E-state index in [9.17, 15) is 9.59 Å². The number of rotatable bonds is 6. The molecule has 2 N–H and O–H groups in total. The number of carbonyl (C=O) groups excluding carboxylic acids is 2. The lowest BCUT2D eigenvalue weighted by atomic mass is 9.85. The zero-order valence-corrected chi connectivity index (χ0v) is 17.3. The van der Waals surface area contributed by atoms with Gasteiger partial charge in [0.05, 0.1) is 6.04 Å². The lowest BCUT2D eigenvalue weighted by Crippen LogP contribution is -2.39. The van der Waals surface area contributed by atoms with Crippen LogP contribution in [-0.4, -0.2) is 23.6 Å². The van der Waals surface area contributed by atoms with Gasteiger partial charge in [-0.15, -0.1) is 11.3 Å². The second kappa shape index (κ2) is 8.70. The number of nitrogens with one attached hydrogen (secondary N) is 2. The fourth-order valence-electron chi connectivity index (χ4n) is 2.33. The van der Waals surface area contributed by atoms with Crippen molar-refractivity contribution in [2.75, 3.05) is 0 Å². The average Bonchev–Trinajstić information content (AvgIpc) is 2.92. The summed E-state index contributed by atoms with van der Waals surface area (Å²) in [4.78, 5) is 25.3. The van der Waals surface area contributed by atoms with E-state index in [1.54, 1.807) is 11.3 Å². The zero-order valence-electron chi connectivity index (χ0n) is 16.4. The highest BCUT2D eigenvalue weighted by atomic mass is 32.1. The molecule has 0 unspecified atom stereocenters. The number of alkyl carbamates (subject to hydrolysis) is 1. The van der Waals surface area contributed by atoms with Gasteiger partial charge < -0.3 is 15.4 Å². The summed E-state index contributed by atoms with van der Waals surface area (Å²) >= 11 is 1.65. The van der Waals surface area contributed by atoms with E-state index < -0.39 is 11.7 Å². The first-order chi connectivity index (χ1) is 11.4. The number of carbonyl (C=O) groups is 2. The summed E-state index contributed by atoms with van der Waals surface area (Å²) < 4.78 is 5.22. The molecule has 6 heteroatoms. The molecular formula is C19H32N2O3S. The number of hydrogen-bond donors (Lipinski definition) is 2. The molecule has 0 aromatic carbocycles. The molecule has 2 atom stereocenters. The summed E-state index contributed by atoms with van der Waals surface area (Å²) in [7, 11) is 0. The summed E-state index contributed by atoms with van der Waals surface area (Å²) in [5.41, 5.74) is -0.595. The minimum absolute atomic E-state index is 0.00818. The normalized spacial score (nSPS) is 14.5. The van der Waals surface area contributed by atoms with Gasteiger partial charge in [-0.1, -0.05) is 26.8 Å². The predicted molar refractivity (Wildman–Crippen MR) is 103 cm³/mol. The highest BCUT2D eigenvalue weighted by Gasteiger charge is 2.28. The maximum absolute atomic E-state index is 12.4. The molecule has 1 heterocycles. The van der Waals surface area contributed by atoms with Crippen LogP contribution in [0.5, 0.6) is 0 Å². The van der Waals surface area contributed by atoms with Gasteiger partial charge >= 0.3 is 6.09 Å². The molecule has 0 saturated heterocycles. The Bertz CT molecular complexity index is 556. The molecule has 0 aliphatic rings. The Labute approximate surface area is 155 Å². The van der Waals surface area contributed by atoms with Crippen LogP contribution in [0, 0.1) is 5.41 Å². The SMILES string of the molecule is C[C@@H](CCC(=O)N[C@@H](c1cccs1)C(C)(C)C)NC(=O)OC(C)(C)C. The van der Waals surface area contributed by atoms with Gasteiger partial charge in [-0.3, -0.25) is 4.79 Å². The van der Waals surface area contributed by atoms with Crippen molar-refractivity contribution in [3.05, 3.63) is 22.4 Å². The summed E-state index contributed by atoms with van der Waals surface area (Å²) in [6, 6.07) is 3.90. The van der Waals surface area contributed by atoms with Gasteiger partial charge in [-0.2, -0.15) is 0 Å². The van der Waals surface area contributed by atoms with Crippen LogP contribution in [0.3, 0.4) is 0 Å². The molecule has 1 rings (SSSR count). The van der Waals surface area contributed by atoms with E-state index in [2.05, 4.69) is 31.4 Å². The van der Waals surface area contributed by atoms with E-state index in [0.29, 0.717) is 12.8 Å². The Morgan fingerprint density at radius 1 is 1.16 bits per heavy atom. The molecule has 0 aliphatic heterocycles. The van der Waals surface area contributed by atoms with Gasteiger partial charge in [-0.05, 0) is 51.0 Å². The van der Waals surface area contributed by atoms with E-state index in [1.165, 1.54) is 0 Å². The smallest absolute Gasteiger partial charge is 0.407 e. The Balaban J connectivity index is 2.49. The van der Waals surface area contributed by atoms with Crippen LogP contribution in [0.1, 0.15) is 72.2 Å². The molecular weight excluding hydrogens is 336 g/mol. The maximum Gasteiger partial charge on any atom is 0.407 e. The van der Waals surface area contributed by atoms with Crippen molar-refractivity contribution in [2.24, 2.45) is 5.41 Å². The molecule has 0 fully saturated rings. The van der Waals surface area contributed by atoms with Crippen LogP contribution >= 0.6 is 11.3 Å². The van der Waals surface area contributed by atoms with E-state index in [4.69, 9.17) is 4.74 Å². The standard InChI is InChI=1S/C19H32N2O3S/c1-13(20-17(23)24-19(5,6)7)10-11-15(22)21-16(18(2,3)4)14-9-8-12-25-14/h8-9,12-13,16H,10-11H2,1-7H3,(H,20,23)(H,21,22)/t13-,16-/m0/s1. The van der Waals surface area contributed by atoms with Crippen molar-refractivity contribution < 1.29 is 14.3 Å². The minimum Gasteiger partial charge on any atom is -0.444 e. The summed E-state index contributed by atoms with van der Waals surface area (Å²) in [5.74, 6) is -0.00818. The Morgan fingerprint density at radius 3 is 2.28 bits per heavy atom. The summed E-state index contributed by atoms with van der Waals surface area (Å²) in [6.45, 7) is 13.7. The molecule has 0 aliphatic carbocycles. The van der Waals surface area contributed by atoms with Gasteiger partial charge in [-0.25, -0.2) is 4.79 Å². The molecule has 2 amide bonds. The van der Waals surface area contributed by atoms with Crippen LogP contribution in [0.25, 0.3) is 0 Å². The van der Waals surface area contributed by atoms with Crippen LogP contribution in [-0.2, 0) is 9.53 Å². The zero-order chi connectivity index (χ0) is 19.3. The first-order valence-electron chi connectivity index (χ1n) is 8.71. The fourth-order valence-corrected chi connectivity index (χ4v) is 3.35. The van der Waals surface area contributed by atoms with Gasteiger partial charge in [0.15, 0.2) is 0 Å².